The fraction of sp³-hybridized carbons (Fsp3) is 0.600. The molecule has 0 spiro atoms. The molecule has 2 nitrogen and oxygen atoms in total. The smallest absolute Gasteiger partial charge is 0.122 e. The van der Waals surface area contributed by atoms with E-state index in [9.17, 15) is 0 Å². The zero-order valence-corrected chi connectivity index (χ0v) is 11.5. The molecule has 2 N–H and O–H groups in total. The first-order chi connectivity index (χ1) is 8.10. The Kier molecular flexibility index (Phi) is 5.49. The third kappa shape index (κ3) is 3.74. The van der Waals surface area contributed by atoms with Crippen molar-refractivity contribution >= 4 is 0 Å². The average molecular weight is 235 g/mol. The molecule has 0 saturated heterocycles. The topological polar surface area (TPSA) is 35.2 Å². The Bertz CT molecular complexity index is 347. The number of methoxy groups -OCH3 is 1. The first-order valence-corrected chi connectivity index (χ1v) is 6.48. The molecule has 0 aliphatic heterocycles. The third-order valence-electron chi connectivity index (χ3n) is 3.29. The normalized spacial score (nSPS) is 12.8. The number of rotatable bonds is 6. The summed E-state index contributed by atoms with van der Waals surface area (Å²) >= 11 is 0. The third-order valence-corrected chi connectivity index (χ3v) is 3.29. The molecule has 0 fully saturated rings. The number of hydrogen-bond donors (Lipinski definition) is 1. The van der Waals surface area contributed by atoms with Crippen LogP contribution >= 0.6 is 0 Å². The molecule has 17 heavy (non-hydrogen) atoms. The van der Waals surface area contributed by atoms with E-state index in [4.69, 9.17) is 10.5 Å². The van der Waals surface area contributed by atoms with Gasteiger partial charge in [-0.1, -0.05) is 32.9 Å². The van der Waals surface area contributed by atoms with Gasteiger partial charge in [0.1, 0.15) is 5.75 Å². The molecule has 0 bridgehead atoms. The second-order valence-electron chi connectivity index (χ2n) is 4.99. The van der Waals surface area contributed by atoms with E-state index in [0.717, 1.165) is 25.1 Å². The minimum Gasteiger partial charge on any atom is -0.496 e. The van der Waals surface area contributed by atoms with E-state index in [-0.39, 0.29) is 0 Å². The van der Waals surface area contributed by atoms with Crippen molar-refractivity contribution < 1.29 is 4.74 Å². The van der Waals surface area contributed by atoms with Gasteiger partial charge in [-0.2, -0.15) is 0 Å². The van der Waals surface area contributed by atoms with Gasteiger partial charge in [-0.05, 0) is 48.4 Å². The molecule has 1 aromatic carbocycles. The van der Waals surface area contributed by atoms with Crippen molar-refractivity contribution in [1.29, 1.82) is 0 Å². The maximum Gasteiger partial charge on any atom is 0.122 e. The van der Waals surface area contributed by atoms with E-state index in [1.165, 1.54) is 11.1 Å². The van der Waals surface area contributed by atoms with Gasteiger partial charge in [0, 0.05) is 0 Å². The lowest BCUT2D eigenvalue weighted by atomic mass is 9.91. The highest BCUT2D eigenvalue weighted by Crippen LogP contribution is 2.32. The summed E-state index contributed by atoms with van der Waals surface area (Å²) in [6, 6.07) is 6.52. The first-order valence-electron chi connectivity index (χ1n) is 6.48. The van der Waals surface area contributed by atoms with Gasteiger partial charge in [-0.3, -0.25) is 0 Å². The summed E-state index contributed by atoms with van der Waals surface area (Å²) in [6.45, 7) is 7.44. The van der Waals surface area contributed by atoms with Crippen molar-refractivity contribution in [3.05, 3.63) is 29.3 Å². The van der Waals surface area contributed by atoms with E-state index in [1.807, 2.05) is 0 Å². The monoisotopic (exact) mass is 235 g/mol. The molecule has 0 aliphatic carbocycles. The van der Waals surface area contributed by atoms with Crippen LogP contribution in [0.25, 0.3) is 0 Å². The number of hydrogen-bond acceptors (Lipinski definition) is 2. The van der Waals surface area contributed by atoms with Gasteiger partial charge in [-0.15, -0.1) is 0 Å². The average Bonchev–Trinajstić information content (AvgIpc) is 2.34. The molecule has 0 aliphatic rings. The van der Waals surface area contributed by atoms with E-state index in [2.05, 4.69) is 39.0 Å². The lowest BCUT2D eigenvalue weighted by Crippen LogP contribution is -2.04. The molecule has 0 heterocycles. The van der Waals surface area contributed by atoms with Gasteiger partial charge in [0.25, 0.3) is 0 Å². The van der Waals surface area contributed by atoms with Gasteiger partial charge in [0.05, 0.1) is 7.11 Å². The Morgan fingerprint density at radius 1 is 1.24 bits per heavy atom. The molecule has 1 rings (SSSR count). The van der Waals surface area contributed by atoms with Crippen LogP contribution in [-0.4, -0.2) is 13.7 Å². The summed E-state index contributed by atoms with van der Waals surface area (Å²) < 4.78 is 5.45. The van der Waals surface area contributed by atoms with E-state index >= 15 is 0 Å². The van der Waals surface area contributed by atoms with Crippen LogP contribution < -0.4 is 10.5 Å². The van der Waals surface area contributed by atoms with Crippen LogP contribution in [0.3, 0.4) is 0 Å². The molecule has 1 aromatic rings. The Balaban J connectivity index is 2.96. The minimum absolute atomic E-state index is 0.507. The molecule has 2 heteroatoms. The van der Waals surface area contributed by atoms with Crippen LogP contribution in [0.2, 0.25) is 0 Å². The van der Waals surface area contributed by atoms with Crippen LogP contribution in [0, 0.1) is 0 Å². The second-order valence-corrected chi connectivity index (χ2v) is 4.99. The van der Waals surface area contributed by atoms with E-state index < -0.39 is 0 Å². The summed E-state index contributed by atoms with van der Waals surface area (Å²) in [5.74, 6) is 2.06. The summed E-state index contributed by atoms with van der Waals surface area (Å²) in [4.78, 5) is 0. The summed E-state index contributed by atoms with van der Waals surface area (Å²) in [5, 5.41) is 0. The van der Waals surface area contributed by atoms with Crippen molar-refractivity contribution in [3.8, 4) is 5.75 Å². The molecule has 1 atom stereocenters. The van der Waals surface area contributed by atoms with Crippen molar-refractivity contribution in [2.24, 2.45) is 5.73 Å². The van der Waals surface area contributed by atoms with Crippen molar-refractivity contribution in [2.45, 2.75) is 45.4 Å². The maximum atomic E-state index is 5.57. The zero-order valence-electron chi connectivity index (χ0n) is 11.5. The molecule has 0 amide bonds. The Morgan fingerprint density at radius 3 is 2.47 bits per heavy atom. The van der Waals surface area contributed by atoms with E-state index in [1.54, 1.807) is 7.11 Å². The molecule has 0 radical (unpaired) electrons. The van der Waals surface area contributed by atoms with Crippen LogP contribution in [-0.2, 0) is 0 Å². The van der Waals surface area contributed by atoms with Crippen LogP contribution in [0.1, 0.15) is 56.6 Å². The first kappa shape index (κ1) is 14.0. The van der Waals surface area contributed by atoms with Gasteiger partial charge in [0.15, 0.2) is 0 Å². The predicted octanol–water partition coefficient (Wildman–Crippen LogP) is 3.66. The highest BCUT2D eigenvalue weighted by Gasteiger charge is 2.13. The number of nitrogens with two attached hydrogens (primary N) is 1. The lowest BCUT2D eigenvalue weighted by Gasteiger charge is -2.18. The van der Waals surface area contributed by atoms with Crippen LogP contribution in [0.4, 0.5) is 0 Å². The summed E-state index contributed by atoms with van der Waals surface area (Å²) in [6.07, 6.45) is 2.19. The quantitative estimate of drug-likeness (QED) is 0.816. The minimum atomic E-state index is 0.507. The maximum absolute atomic E-state index is 5.57. The largest absolute Gasteiger partial charge is 0.496 e. The SMILES string of the molecule is COc1ccc(C(C)C)cc1C(C)CCCN. The van der Waals surface area contributed by atoms with E-state index in [0.29, 0.717) is 11.8 Å². The number of ether oxygens (including phenoxy) is 1. The van der Waals surface area contributed by atoms with Crippen molar-refractivity contribution in [3.63, 3.8) is 0 Å². The zero-order chi connectivity index (χ0) is 12.8. The van der Waals surface area contributed by atoms with Crippen molar-refractivity contribution in [1.82, 2.24) is 0 Å². The Labute approximate surface area is 105 Å². The highest BCUT2D eigenvalue weighted by atomic mass is 16.5. The van der Waals surface area contributed by atoms with Crippen LogP contribution in [0.5, 0.6) is 5.75 Å². The Hall–Kier alpha value is -1.02. The van der Waals surface area contributed by atoms with Gasteiger partial charge < -0.3 is 10.5 Å². The molecular formula is C15H25NO. The Morgan fingerprint density at radius 2 is 1.94 bits per heavy atom. The van der Waals surface area contributed by atoms with Gasteiger partial charge in [-0.25, -0.2) is 0 Å². The standard InChI is InChI=1S/C15H25NO/c1-11(2)13-7-8-15(17-4)14(10-13)12(3)6-5-9-16/h7-8,10-12H,5-6,9,16H2,1-4H3. The lowest BCUT2D eigenvalue weighted by molar-refractivity contribution is 0.404. The second kappa shape index (κ2) is 6.65. The van der Waals surface area contributed by atoms with Gasteiger partial charge in [0.2, 0.25) is 0 Å². The fourth-order valence-corrected chi connectivity index (χ4v) is 2.08. The molecular weight excluding hydrogens is 210 g/mol. The number of benzene rings is 1. The van der Waals surface area contributed by atoms with Gasteiger partial charge >= 0.3 is 0 Å². The molecule has 0 saturated carbocycles. The fourth-order valence-electron chi connectivity index (χ4n) is 2.08. The molecule has 1 unspecified atom stereocenters. The summed E-state index contributed by atoms with van der Waals surface area (Å²) in [7, 11) is 1.74. The predicted molar refractivity (Wildman–Crippen MR) is 73.8 cm³/mol. The van der Waals surface area contributed by atoms with Crippen LogP contribution in [0.15, 0.2) is 18.2 Å². The molecule has 0 aromatic heterocycles. The summed E-state index contributed by atoms with van der Waals surface area (Å²) in [5.41, 5.74) is 8.26. The highest BCUT2D eigenvalue weighted by molar-refractivity contribution is 5.40. The molecule has 96 valence electrons. The van der Waals surface area contributed by atoms with Crippen molar-refractivity contribution in [2.75, 3.05) is 13.7 Å².